The maximum Gasteiger partial charge on any atom is 0.322 e. The van der Waals surface area contributed by atoms with Crippen molar-refractivity contribution < 1.29 is 9.59 Å². The van der Waals surface area contributed by atoms with E-state index in [1.807, 2.05) is 6.07 Å². The predicted octanol–water partition coefficient (Wildman–Crippen LogP) is 1.46. The molecular formula is C10H11ClN4O2. The number of aromatic nitrogens is 1. The number of nitrogens with zero attached hydrogens (tertiary/aromatic N) is 3. The van der Waals surface area contributed by atoms with Gasteiger partial charge in [0, 0.05) is 21.1 Å². The molecule has 1 rings (SSSR count). The van der Waals surface area contributed by atoms with Gasteiger partial charge in [-0.15, -0.1) is 0 Å². The predicted molar refractivity (Wildman–Crippen MR) is 63.2 cm³/mol. The molecule has 90 valence electrons. The van der Waals surface area contributed by atoms with Gasteiger partial charge in [0.15, 0.2) is 6.29 Å². The van der Waals surface area contributed by atoms with Crippen LogP contribution in [0.15, 0.2) is 0 Å². The van der Waals surface area contributed by atoms with E-state index >= 15 is 0 Å². The van der Waals surface area contributed by atoms with Gasteiger partial charge < -0.3 is 9.47 Å². The van der Waals surface area contributed by atoms with Gasteiger partial charge in [-0.05, 0) is 0 Å². The summed E-state index contributed by atoms with van der Waals surface area (Å²) >= 11 is 5.93. The van der Waals surface area contributed by atoms with Gasteiger partial charge in [-0.3, -0.25) is 10.1 Å². The monoisotopic (exact) mass is 254 g/mol. The summed E-state index contributed by atoms with van der Waals surface area (Å²) in [6.07, 6.45) is 0.524. The van der Waals surface area contributed by atoms with E-state index in [4.69, 9.17) is 16.9 Å². The maximum atomic E-state index is 11.5. The van der Waals surface area contributed by atoms with Crippen LogP contribution < -0.4 is 5.32 Å². The lowest BCUT2D eigenvalue weighted by Gasteiger charge is -2.13. The maximum absolute atomic E-state index is 11.5. The van der Waals surface area contributed by atoms with Gasteiger partial charge in [0.25, 0.3) is 0 Å². The number of hydrogen-bond acceptors (Lipinski definition) is 3. The second kappa shape index (κ2) is 4.89. The fraction of sp³-hybridized carbons (Fsp3) is 0.300. The summed E-state index contributed by atoms with van der Waals surface area (Å²) in [6.45, 7) is 0. The number of amides is 2. The molecule has 0 bridgehead atoms. The summed E-state index contributed by atoms with van der Waals surface area (Å²) in [7, 11) is 4.68. The average molecular weight is 255 g/mol. The van der Waals surface area contributed by atoms with Crippen molar-refractivity contribution in [2.75, 3.05) is 19.4 Å². The van der Waals surface area contributed by atoms with Crippen LogP contribution in [-0.2, 0) is 7.05 Å². The van der Waals surface area contributed by atoms with Crippen molar-refractivity contribution >= 4 is 29.7 Å². The molecule has 0 aliphatic carbocycles. The molecule has 0 radical (unpaired) electrons. The van der Waals surface area contributed by atoms with E-state index in [0.717, 1.165) is 0 Å². The minimum atomic E-state index is -0.394. The van der Waals surface area contributed by atoms with E-state index in [2.05, 4.69) is 5.32 Å². The average Bonchev–Trinajstić information content (AvgIpc) is 2.51. The van der Waals surface area contributed by atoms with E-state index in [1.165, 1.54) is 9.47 Å². The van der Waals surface area contributed by atoms with E-state index < -0.39 is 6.03 Å². The van der Waals surface area contributed by atoms with Crippen molar-refractivity contribution in [3.8, 4) is 6.07 Å². The first-order valence-corrected chi connectivity index (χ1v) is 5.03. The van der Waals surface area contributed by atoms with Crippen molar-refractivity contribution in [1.82, 2.24) is 9.47 Å². The molecule has 0 saturated carbocycles. The Morgan fingerprint density at radius 3 is 2.53 bits per heavy atom. The van der Waals surface area contributed by atoms with Gasteiger partial charge in [0.1, 0.15) is 28.2 Å². The van der Waals surface area contributed by atoms with Crippen LogP contribution in [-0.4, -0.2) is 35.9 Å². The topological polar surface area (TPSA) is 78.1 Å². The summed E-state index contributed by atoms with van der Waals surface area (Å²) in [5.74, 6) is 0.226. The highest BCUT2D eigenvalue weighted by Gasteiger charge is 2.21. The number of halogens is 1. The molecule has 0 atom stereocenters. The minimum absolute atomic E-state index is 0.0539. The number of anilines is 1. The zero-order valence-electron chi connectivity index (χ0n) is 9.61. The molecule has 2 amide bonds. The Bertz CT molecular complexity index is 513. The largest absolute Gasteiger partial charge is 0.331 e. The second-order valence-corrected chi connectivity index (χ2v) is 3.91. The quantitative estimate of drug-likeness (QED) is 0.812. The molecule has 0 fully saturated rings. The first kappa shape index (κ1) is 13.1. The van der Waals surface area contributed by atoms with Crippen LogP contribution in [0, 0.1) is 11.3 Å². The normalized spacial score (nSPS) is 9.59. The van der Waals surface area contributed by atoms with Gasteiger partial charge in [0.05, 0.1) is 0 Å². The van der Waals surface area contributed by atoms with Gasteiger partial charge in [0.2, 0.25) is 0 Å². The van der Waals surface area contributed by atoms with Gasteiger partial charge in [-0.1, -0.05) is 11.6 Å². The standard InChI is InChI=1S/C10H11ClN4O2/c1-14(2)10(17)13-9-8(11)6(4-12)7(5-16)15(9)3/h5H,1-3H3,(H,13,17). The Morgan fingerprint density at radius 2 is 2.18 bits per heavy atom. The third-order valence-electron chi connectivity index (χ3n) is 2.24. The van der Waals surface area contributed by atoms with Crippen molar-refractivity contribution in [3.05, 3.63) is 16.3 Å². The van der Waals surface area contributed by atoms with E-state index in [9.17, 15) is 9.59 Å². The molecule has 0 spiro atoms. The Labute approximate surface area is 103 Å². The second-order valence-electron chi connectivity index (χ2n) is 3.54. The van der Waals surface area contributed by atoms with Crippen LogP contribution in [0.5, 0.6) is 0 Å². The molecule has 0 aromatic carbocycles. The van der Waals surface area contributed by atoms with E-state index in [0.29, 0.717) is 6.29 Å². The number of nitriles is 1. The van der Waals surface area contributed by atoms with Gasteiger partial charge in [-0.2, -0.15) is 5.26 Å². The number of aldehydes is 1. The number of carbonyl (C=O) groups excluding carboxylic acids is 2. The molecule has 0 unspecified atom stereocenters. The summed E-state index contributed by atoms with van der Waals surface area (Å²) in [5, 5.41) is 11.5. The highest BCUT2D eigenvalue weighted by molar-refractivity contribution is 6.35. The molecule has 0 aliphatic rings. The highest BCUT2D eigenvalue weighted by Crippen LogP contribution is 2.30. The van der Waals surface area contributed by atoms with Crippen LogP contribution in [0.1, 0.15) is 16.1 Å². The third kappa shape index (κ3) is 2.24. The molecule has 17 heavy (non-hydrogen) atoms. The van der Waals surface area contributed by atoms with Crippen molar-refractivity contribution in [1.29, 1.82) is 5.26 Å². The Hall–Kier alpha value is -2.00. The summed E-state index contributed by atoms with van der Waals surface area (Å²) in [6, 6.07) is 1.44. The molecule has 6 nitrogen and oxygen atoms in total. The van der Waals surface area contributed by atoms with E-state index in [-0.39, 0.29) is 22.1 Å². The highest BCUT2D eigenvalue weighted by atomic mass is 35.5. The molecule has 1 aromatic heterocycles. The van der Waals surface area contributed by atoms with E-state index in [1.54, 1.807) is 21.1 Å². The minimum Gasteiger partial charge on any atom is -0.331 e. The molecule has 1 heterocycles. The molecule has 1 N–H and O–H groups in total. The van der Waals surface area contributed by atoms with Crippen LogP contribution in [0.4, 0.5) is 10.6 Å². The lowest BCUT2D eigenvalue weighted by Crippen LogP contribution is -2.28. The zero-order valence-corrected chi connectivity index (χ0v) is 10.4. The Kier molecular flexibility index (Phi) is 3.76. The summed E-state index contributed by atoms with van der Waals surface area (Å²) in [5.41, 5.74) is 0.185. The first-order chi connectivity index (χ1) is 7.93. The summed E-state index contributed by atoms with van der Waals surface area (Å²) in [4.78, 5) is 23.6. The van der Waals surface area contributed by atoms with Crippen molar-refractivity contribution in [2.24, 2.45) is 7.05 Å². The lowest BCUT2D eigenvalue weighted by molar-refractivity contribution is 0.111. The number of nitrogens with one attached hydrogen (secondary N) is 1. The zero-order chi connectivity index (χ0) is 13.2. The van der Waals surface area contributed by atoms with Crippen molar-refractivity contribution in [2.45, 2.75) is 0 Å². The number of urea groups is 1. The molecule has 7 heteroatoms. The molecular weight excluding hydrogens is 244 g/mol. The summed E-state index contributed by atoms with van der Waals surface area (Å²) < 4.78 is 1.37. The van der Waals surface area contributed by atoms with Gasteiger partial charge in [-0.25, -0.2) is 4.79 Å². The van der Waals surface area contributed by atoms with Gasteiger partial charge >= 0.3 is 6.03 Å². The fourth-order valence-corrected chi connectivity index (χ4v) is 1.58. The van der Waals surface area contributed by atoms with Crippen LogP contribution in [0.2, 0.25) is 5.02 Å². The Balaban J connectivity index is 3.27. The number of rotatable bonds is 2. The fourth-order valence-electron chi connectivity index (χ4n) is 1.26. The molecule has 0 aliphatic heterocycles. The lowest BCUT2D eigenvalue weighted by atomic mass is 10.3. The van der Waals surface area contributed by atoms with Crippen molar-refractivity contribution in [3.63, 3.8) is 0 Å². The SMILES string of the molecule is CN(C)C(=O)Nc1c(Cl)c(C#N)c(C=O)n1C. The number of hydrogen-bond donors (Lipinski definition) is 1. The molecule has 1 aromatic rings. The van der Waals surface area contributed by atoms with Crippen LogP contribution in [0.3, 0.4) is 0 Å². The van der Waals surface area contributed by atoms with Crippen LogP contribution in [0.25, 0.3) is 0 Å². The number of carbonyl (C=O) groups is 2. The molecule has 0 saturated heterocycles. The third-order valence-corrected chi connectivity index (χ3v) is 2.60. The van der Waals surface area contributed by atoms with Crippen LogP contribution >= 0.6 is 11.6 Å². The smallest absolute Gasteiger partial charge is 0.322 e. The first-order valence-electron chi connectivity index (χ1n) is 4.65. The Morgan fingerprint density at radius 1 is 1.59 bits per heavy atom.